The number of ether oxygens (including phenoxy) is 1. The molecular formula is C15H18BrFN2O. The predicted molar refractivity (Wildman–Crippen MR) is 78.5 cm³/mol. The fraction of sp³-hybridized carbons (Fsp3) is 0.533. The Morgan fingerprint density at radius 1 is 1.50 bits per heavy atom. The van der Waals surface area contributed by atoms with Gasteiger partial charge >= 0.3 is 0 Å². The van der Waals surface area contributed by atoms with Crippen molar-refractivity contribution in [2.24, 2.45) is 5.92 Å². The van der Waals surface area contributed by atoms with E-state index in [0.29, 0.717) is 29.9 Å². The summed E-state index contributed by atoms with van der Waals surface area (Å²) in [4.78, 5) is 2.21. The van der Waals surface area contributed by atoms with Gasteiger partial charge in [-0.15, -0.1) is 0 Å². The third kappa shape index (κ3) is 4.55. The Hall–Kier alpha value is -0.960. The zero-order valence-electron chi connectivity index (χ0n) is 11.3. The minimum absolute atomic E-state index is 0.244. The average molecular weight is 341 g/mol. The van der Waals surface area contributed by atoms with Gasteiger partial charge in [0.05, 0.1) is 17.1 Å². The van der Waals surface area contributed by atoms with Crippen LogP contribution in [0.3, 0.4) is 0 Å². The first-order valence-corrected chi connectivity index (χ1v) is 7.59. The highest BCUT2D eigenvalue weighted by Gasteiger charge is 2.19. The van der Waals surface area contributed by atoms with E-state index in [1.807, 2.05) is 6.07 Å². The van der Waals surface area contributed by atoms with Gasteiger partial charge in [0, 0.05) is 32.7 Å². The summed E-state index contributed by atoms with van der Waals surface area (Å²) in [6.07, 6.45) is 1.56. The molecule has 1 aromatic carbocycles. The van der Waals surface area contributed by atoms with Crippen molar-refractivity contribution >= 4 is 15.9 Å². The molecule has 0 bridgehead atoms. The minimum atomic E-state index is -0.244. The van der Waals surface area contributed by atoms with E-state index in [0.717, 1.165) is 31.7 Å². The fourth-order valence-corrected chi connectivity index (χ4v) is 2.68. The van der Waals surface area contributed by atoms with Crippen LogP contribution < -0.4 is 0 Å². The Bertz CT molecular complexity index is 483. The largest absolute Gasteiger partial charge is 0.381 e. The van der Waals surface area contributed by atoms with Gasteiger partial charge in [-0.2, -0.15) is 5.26 Å². The van der Waals surface area contributed by atoms with Crippen molar-refractivity contribution in [3.05, 3.63) is 34.1 Å². The molecule has 20 heavy (non-hydrogen) atoms. The quantitative estimate of drug-likeness (QED) is 0.796. The number of hydrogen-bond acceptors (Lipinski definition) is 3. The van der Waals surface area contributed by atoms with Crippen molar-refractivity contribution in [3.8, 4) is 6.07 Å². The lowest BCUT2D eigenvalue weighted by atomic mass is 10.1. The molecule has 2 rings (SSSR count). The van der Waals surface area contributed by atoms with Crippen LogP contribution in [0.15, 0.2) is 22.7 Å². The van der Waals surface area contributed by atoms with Crippen LogP contribution in [0.4, 0.5) is 4.39 Å². The van der Waals surface area contributed by atoms with Gasteiger partial charge in [-0.05, 0) is 46.0 Å². The molecule has 3 nitrogen and oxygen atoms in total. The summed E-state index contributed by atoms with van der Waals surface area (Å²) in [6.45, 7) is 3.90. The minimum Gasteiger partial charge on any atom is -0.381 e. The molecule has 1 atom stereocenters. The molecule has 0 spiro atoms. The van der Waals surface area contributed by atoms with E-state index in [1.54, 1.807) is 12.1 Å². The standard InChI is InChI=1S/C15H18BrFN2O/c16-14-3-2-12(8-15(14)17)9-19(6-1-5-18)10-13-4-7-20-11-13/h2-3,8,13H,1,4,6-7,9-11H2/t13-/m1/s1. The monoisotopic (exact) mass is 340 g/mol. The van der Waals surface area contributed by atoms with E-state index < -0.39 is 0 Å². The third-order valence-corrected chi connectivity index (χ3v) is 4.11. The lowest BCUT2D eigenvalue weighted by molar-refractivity contribution is 0.165. The Morgan fingerprint density at radius 3 is 3.00 bits per heavy atom. The van der Waals surface area contributed by atoms with Gasteiger partial charge in [-0.1, -0.05) is 6.07 Å². The molecular weight excluding hydrogens is 323 g/mol. The molecule has 108 valence electrons. The highest BCUT2D eigenvalue weighted by atomic mass is 79.9. The van der Waals surface area contributed by atoms with Crippen molar-refractivity contribution in [3.63, 3.8) is 0 Å². The second-order valence-electron chi connectivity index (χ2n) is 5.12. The number of halogens is 2. The van der Waals surface area contributed by atoms with E-state index in [-0.39, 0.29) is 5.82 Å². The molecule has 1 heterocycles. The summed E-state index contributed by atoms with van der Waals surface area (Å²) in [7, 11) is 0. The topological polar surface area (TPSA) is 36.3 Å². The zero-order valence-corrected chi connectivity index (χ0v) is 12.9. The molecule has 0 unspecified atom stereocenters. The smallest absolute Gasteiger partial charge is 0.137 e. The van der Waals surface area contributed by atoms with E-state index in [4.69, 9.17) is 10.00 Å². The van der Waals surface area contributed by atoms with Gasteiger partial charge in [0.1, 0.15) is 5.82 Å². The number of hydrogen-bond donors (Lipinski definition) is 0. The third-order valence-electron chi connectivity index (χ3n) is 3.47. The van der Waals surface area contributed by atoms with Gasteiger partial charge in [0.25, 0.3) is 0 Å². The first-order chi connectivity index (χ1) is 9.69. The van der Waals surface area contributed by atoms with E-state index in [1.165, 1.54) is 0 Å². The number of nitriles is 1. The van der Waals surface area contributed by atoms with E-state index in [2.05, 4.69) is 26.9 Å². The molecule has 0 N–H and O–H groups in total. The van der Waals surface area contributed by atoms with Gasteiger partial charge in [0.2, 0.25) is 0 Å². The van der Waals surface area contributed by atoms with Crippen LogP contribution in [0, 0.1) is 23.1 Å². The zero-order chi connectivity index (χ0) is 14.4. The van der Waals surface area contributed by atoms with Crippen LogP contribution in [-0.4, -0.2) is 31.2 Å². The van der Waals surface area contributed by atoms with Crippen molar-refractivity contribution in [2.75, 3.05) is 26.3 Å². The summed E-state index contributed by atoms with van der Waals surface area (Å²) in [5.74, 6) is 0.279. The Kier molecular flexibility index (Phi) is 5.96. The molecule has 1 aliphatic heterocycles. The lowest BCUT2D eigenvalue weighted by Crippen LogP contribution is -2.30. The average Bonchev–Trinajstić information content (AvgIpc) is 2.93. The van der Waals surface area contributed by atoms with Crippen molar-refractivity contribution in [1.29, 1.82) is 5.26 Å². The van der Waals surface area contributed by atoms with E-state index in [9.17, 15) is 4.39 Å². The Balaban J connectivity index is 1.98. The van der Waals surface area contributed by atoms with Crippen LogP contribution in [0.25, 0.3) is 0 Å². The normalized spacial score (nSPS) is 18.4. The summed E-state index contributed by atoms with van der Waals surface area (Å²) in [5.41, 5.74) is 0.933. The highest BCUT2D eigenvalue weighted by molar-refractivity contribution is 9.10. The fourth-order valence-electron chi connectivity index (χ4n) is 2.43. The van der Waals surface area contributed by atoms with Crippen LogP contribution in [-0.2, 0) is 11.3 Å². The molecule has 0 radical (unpaired) electrons. The first-order valence-electron chi connectivity index (χ1n) is 6.80. The van der Waals surface area contributed by atoms with Gasteiger partial charge < -0.3 is 4.74 Å². The van der Waals surface area contributed by atoms with Crippen molar-refractivity contribution < 1.29 is 9.13 Å². The molecule has 0 aromatic heterocycles. The number of nitrogens with zero attached hydrogens (tertiary/aromatic N) is 2. The molecule has 0 amide bonds. The Labute approximate surface area is 127 Å². The maximum Gasteiger partial charge on any atom is 0.137 e. The van der Waals surface area contributed by atoms with E-state index >= 15 is 0 Å². The summed E-state index contributed by atoms with van der Waals surface area (Å²) < 4.78 is 19.4. The summed E-state index contributed by atoms with van der Waals surface area (Å²) in [6, 6.07) is 7.37. The van der Waals surface area contributed by atoms with Gasteiger partial charge in [-0.3, -0.25) is 4.90 Å². The molecule has 1 fully saturated rings. The van der Waals surface area contributed by atoms with Crippen LogP contribution in [0.1, 0.15) is 18.4 Å². The maximum atomic E-state index is 13.5. The highest BCUT2D eigenvalue weighted by Crippen LogP contribution is 2.19. The van der Waals surface area contributed by atoms with Gasteiger partial charge in [0.15, 0.2) is 0 Å². The van der Waals surface area contributed by atoms with Crippen LogP contribution in [0.5, 0.6) is 0 Å². The number of benzene rings is 1. The van der Waals surface area contributed by atoms with Gasteiger partial charge in [-0.25, -0.2) is 4.39 Å². The molecule has 5 heteroatoms. The summed E-state index contributed by atoms with van der Waals surface area (Å²) >= 11 is 3.16. The second kappa shape index (κ2) is 7.72. The molecule has 1 aromatic rings. The van der Waals surface area contributed by atoms with Crippen molar-refractivity contribution in [2.45, 2.75) is 19.4 Å². The lowest BCUT2D eigenvalue weighted by Gasteiger charge is -2.24. The molecule has 0 saturated carbocycles. The first kappa shape index (κ1) is 15.4. The predicted octanol–water partition coefficient (Wildman–Crippen LogP) is 3.34. The molecule has 1 aliphatic rings. The summed E-state index contributed by atoms with van der Waals surface area (Å²) in [5, 5.41) is 8.76. The SMILES string of the molecule is N#CCCN(Cc1ccc(Br)c(F)c1)C[C@H]1CCOC1. The van der Waals surface area contributed by atoms with Crippen LogP contribution >= 0.6 is 15.9 Å². The Morgan fingerprint density at radius 2 is 2.35 bits per heavy atom. The molecule has 0 aliphatic carbocycles. The maximum absolute atomic E-state index is 13.5. The van der Waals surface area contributed by atoms with Crippen molar-refractivity contribution in [1.82, 2.24) is 4.90 Å². The second-order valence-corrected chi connectivity index (χ2v) is 5.98. The molecule has 1 saturated heterocycles. The number of rotatable bonds is 6. The van der Waals surface area contributed by atoms with Crippen LogP contribution in [0.2, 0.25) is 0 Å².